The van der Waals surface area contributed by atoms with Crippen LogP contribution in [0.3, 0.4) is 0 Å². The molecule has 0 saturated heterocycles. The Kier molecular flexibility index (Phi) is 4.98. The maximum absolute atomic E-state index is 12.5. The van der Waals surface area contributed by atoms with Crippen molar-refractivity contribution < 1.29 is 35.8 Å². The standard InChI is InChI=1S/C12H13F6NO2/c1-6(19)9-7(20-2)4-3-5-8(9)21-10(11(13,14)15)12(16,17)18/h3-6,10H,19H2,1-2H3/t6-/m0/s1. The highest BCUT2D eigenvalue weighted by Gasteiger charge is 2.59. The molecule has 1 rings (SSSR count). The maximum Gasteiger partial charge on any atom is 0.434 e. The van der Waals surface area contributed by atoms with E-state index in [1.54, 1.807) is 0 Å². The van der Waals surface area contributed by atoms with Crippen LogP contribution in [0, 0.1) is 0 Å². The lowest BCUT2D eigenvalue weighted by Crippen LogP contribution is -2.46. The molecule has 9 heteroatoms. The van der Waals surface area contributed by atoms with Crippen LogP contribution in [-0.2, 0) is 0 Å². The predicted molar refractivity (Wildman–Crippen MR) is 62.1 cm³/mol. The van der Waals surface area contributed by atoms with Gasteiger partial charge in [-0.1, -0.05) is 6.07 Å². The molecule has 0 spiro atoms. The van der Waals surface area contributed by atoms with Gasteiger partial charge in [0, 0.05) is 6.04 Å². The second-order valence-electron chi connectivity index (χ2n) is 4.24. The molecular formula is C12H13F6NO2. The molecule has 0 aliphatic rings. The van der Waals surface area contributed by atoms with Gasteiger partial charge in [0.25, 0.3) is 6.10 Å². The molecule has 0 aliphatic heterocycles. The van der Waals surface area contributed by atoms with Gasteiger partial charge in [-0.15, -0.1) is 0 Å². The van der Waals surface area contributed by atoms with Gasteiger partial charge in [-0.2, -0.15) is 26.3 Å². The third kappa shape index (κ3) is 4.16. The van der Waals surface area contributed by atoms with Gasteiger partial charge < -0.3 is 15.2 Å². The molecule has 0 aromatic heterocycles. The zero-order chi connectivity index (χ0) is 16.4. The fourth-order valence-corrected chi connectivity index (χ4v) is 1.70. The molecule has 0 unspecified atom stereocenters. The highest BCUT2D eigenvalue weighted by Crippen LogP contribution is 2.40. The van der Waals surface area contributed by atoms with Crippen LogP contribution in [0.25, 0.3) is 0 Å². The molecule has 0 heterocycles. The highest BCUT2D eigenvalue weighted by molar-refractivity contribution is 5.46. The first-order chi connectivity index (χ1) is 9.48. The lowest BCUT2D eigenvalue weighted by Gasteiger charge is -2.26. The van der Waals surface area contributed by atoms with E-state index >= 15 is 0 Å². The van der Waals surface area contributed by atoms with E-state index in [0.717, 1.165) is 6.07 Å². The number of benzene rings is 1. The van der Waals surface area contributed by atoms with Gasteiger partial charge in [0.15, 0.2) is 0 Å². The summed E-state index contributed by atoms with van der Waals surface area (Å²) < 4.78 is 84.1. The molecular weight excluding hydrogens is 304 g/mol. The summed E-state index contributed by atoms with van der Waals surface area (Å²) in [6, 6.07) is 2.68. The van der Waals surface area contributed by atoms with Crippen molar-refractivity contribution in [2.45, 2.75) is 31.4 Å². The average molecular weight is 317 g/mol. The summed E-state index contributed by atoms with van der Waals surface area (Å²) >= 11 is 0. The molecule has 0 amide bonds. The van der Waals surface area contributed by atoms with Crippen LogP contribution < -0.4 is 15.2 Å². The molecule has 120 valence electrons. The minimum Gasteiger partial charge on any atom is -0.496 e. The first kappa shape index (κ1) is 17.4. The van der Waals surface area contributed by atoms with Gasteiger partial charge in [0.2, 0.25) is 0 Å². The summed E-state index contributed by atoms with van der Waals surface area (Å²) in [6.45, 7) is 1.39. The van der Waals surface area contributed by atoms with E-state index in [1.165, 1.54) is 26.2 Å². The molecule has 0 aliphatic carbocycles. The molecule has 0 radical (unpaired) electrons. The predicted octanol–water partition coefficient (Wildman–Crippen LogP) is 3.59. The first-order valence-electron chi connectivity index (χ1n) is 5.71. The Morgan fingerprint density at radius 1 is 1.00 bits per heavy atom. The Bertz CT molecular complexity index is 470. The van der Waals surface area contributed by atoms with Crippen LogP contribution in [0.15, 0.2) is 18.2 Å². The summed E-state index contributed by atoms with van der Waals surface area (Å²) in [6.07, 6.45) is -15.1. The van der Waals surface area contributed by atoms with Crippen LogP contribution in [0.1, 0.15) is 18.5 Å². The first-order valence-corrected chi connectivity index (χ1v) is 5.71. The Labute approximate surface area is 116 Å². The summed E-state index contributed by atoms with van der Waals surface area (Å²) in [4.78, 5) is 0. The molecule has 1 aromatic rings. The fourth-order valence-electron chi connectivity index (χ4n) is 1.70. The van der Waals surface area contributed by atoms with Crippen molar-refractivity contribution in [3.63, 3.8) is 0 Å². The van der Waals surface area contributed by atoms with Crippen LogP contribution in [0.5, 0.6) is 11.5 Å². The van der Waals surface area contributed by atoms with Gasteiger partial charge in [-0.25, -0.2) is 0 Å². The minimum absolute atomic E-state index is 0.0469. The molecule has 3 nitrogen and oxygen atoms in total. The van der Waals surface area contributed by atoms with Gasteiger partial charge >= 0.3 is 12.4 Å². The number of rotatable bonds is 4. The zero-order valence-electron chi connectivity index (χ0n) is 11.0. The van der Waals surface area contributed by atoms with Crippen LogP contribution in [0.2, 0.25) is 0 Å². The number of hydrogen-bond donors (Lipinski definition) is 1. The van der Waals surface area contributed by atoms with E-state index in [2.05, 4.69) is 4.74 Å². The third-order valence-electron chi connectivity index (χ3n) is 2.54. The molecule has 21 heavy (non-hydrogen) atoms. The SMILES string of the molecule is COc1cccc(OC(C(F)(F)F)C(F)(F)F)c1[C@H](C)N. The normalized spacial score (nSPS) is 14.2. The number of nitrogens with two attached hydrogens (primary N) is 1. The quantitative estimate of drug-likeness (QED) is 0.863. The van der Waals surface area contributed by atoms with Crippen LogP contribution in [0.4, 0.5) is 26.3 Å². The van der Waals surface area contributed by atoms with Crippen LogP contribution >= 0.6 is 0 Å². The van der Waals surface area contributed by atoms with E-state index in [0.29, 0.717) is 0 Å². The maximum atomic E-state index is 12.5. The van der Waals surface area contributed by atoms with Crippen molar-refractivity contribution in [2.75, 3.05) is 7.11 Å². The van der Waals surface area contributed by atoms with Gasteiger partial charge in [0.05, 0.1) is 12.7 Å². The van der Waals surface area contributed by atoms with Crippen molar-refractivity contribution >= 4 is 0 Å². The van der Waals surface area contributed by atoms with E-state index in [1.807, 2.05) is 0 Å². The van der Waals surface area contributed by atoms with Gasteiger partial charge in [0.1, 0.15) is 11.5 Å². The molecule has 1 atom stereocenters. The molecule has 2 N–H and O–H groups in total. The van der Waals surface area contributed by atoms with Crippen molar-refractivity contribution in [1.82, 2.24) is 0 Å². The van der Waals surface area contributed by atoms with Gasteiger partial charge in [-0.3, -0.25) is 0 Å². The van der Waals surface area contributed by atoms with Gasteiger partial charge in [-0.05, 0) is 19.1 Å². The average Bonchev–Trinajstić information content (AvgIpc) is 2.32. The second kappa shape index (κ2) is 6.00. The lowest BCUT2D eigenvalue weighted by atomic mass is 10.1. The molecule has 0 fully saturated rings. The Balaban J connectivity index is 3.28. The fraction of sp³-hybridized carbons (Fsp3) is 0.500. The summed E-state index contributed by atoms with van der Waals surface area (Å²) in [7, 11) is 1.22. The zero-order valence-corrected chi connectivity index (χ0v) is 11.0. The number of hydrogen-bond acceptors (Lipinski definition) is 3. The molecule has 0 saturated carbocycles. The van der Waals surface area contributed by atoms with Crippen molar-refractivity contribution in [3.05, 3.63) is 23.8 Å². The number of halogens is 6. The van der Waals surface area contributed by atoms with E-state index in [-0.39, 0.29) is 11.3 Å². The topological polar surface area (TPSA) is 44.5 Å². The Hall–Kier alpha value is -1.64. The number of methoxy groups -OCH3 is 1. The van der Waals surface area contributed by atoms with Crippen molar-refractivity contribution in [3.8, 4) is 11.5 Å². The van der Waals surface area contributed by atoms with Crippen molar-refractivity contribution in [2.24, 2.45) is 5.73 Å². The Morgan fingerprint density at radius 2 is 1.48 bits per heavy atom. The van der Waals surface area contributed by atoms with E-state index in [9.17, 15) is 26.3 Å². The largest absolute Gasteiger partial charge is 0.496 e. The smallest absolute Gasteiger partial charge is 0.434 e. The van der Waals surface area contributed by atoms with Crippen molar-refractivity contribution in [1.29, 1.82) is 0 Å². The third-order valence-corrected chi connectivity index (χ3v) is 2.54. The number of alkyl halides is 6. The Morgan fingerprint density at radius 3 is 1.86 bits per heavy atom. The number of ether oxygens (including phenoxy) is 2. The minimum atomic E-state index is -5.60. The van der Waals surface area contributed by atoms with E-state index in [4.69, 9.17) is 10.5 Å². The second-order valence-corrected chi connectivity index (χ2v) is 4.24. The van der Waals surface area contributed by atoms with Crippen LogP contribution in [-0.4, -0.2) is 25.6 Å². The summed E-state index contributed by atoms with van der Waals surface area (Å²) in [5.41, 5.74) is 5.49. The monoisotopic (exact) mass is 317 g/mol. The molecule has 0 bridgehead atoms. The highest BCUT2D eigenvalue weighted by atomic mass is 19.4. The lowest BCUT2D eigenvalue weighted by molar-refractivity contribution is -0.300. The summed E-state index contributed by atoms with van der Waals surface area (Å²) in [5.74, 6) is -0.574. The molecule has 1 aromatic carbocycles. The van der Waals surface area contributed by atoms with E-state index < -0.39 is 30.2 Å². The summed E-state index contributed by atoms with van der Waals surface area (Å²) in [5, 5.41) is 0.